The van der Waals surface area contributed by atoms with Gasteiger partial charge in [0.2, 0.25) is 0 Å². The third kappa shape index (κ3) is 4.49. The summed E-state index contributed by atoms with van der Waals surface area (Å²) in [6, 6.07) is 24.4. The normalized spacial score (nSPS) is 14.5. The molecule has 1 saturated heterocycles. The molecule has 0 unspecified atom stereocenters. The Hall–Kier alpha value is -4.17. The van der Waals surface area contributed by atoms with Crippen molar-refractivity contribution in [3.05, 3.63) is 99.7 Å². The van der Waals surface area contributed by atoms with Crippen LogP contribution in [0, 0.1) is 0 Å². The summed E-state index contributed by atoms with van der Waals surface area (Å²) in [7, 11) is 0. The molecule has 2 heterocycles. The van der Waals surface area contributed by atoms with Crippen molar-refractivity contribution in [2.24, 2.45) is 0 Å². The predicted octanol–water partition coefficient (Wildman–Crippen LogP) is 4.47. The highest BCUT2D eigenvalue weighted by atomic mass is 32.2. The Morgan fingerprint density at radius 2 is 1.59 bits per heavy atom. The van der Waals surface area contributed by atoms with Crippen molar-refractivity contribution in [1.82, 2.24) is 15.1 Å². The zero-order chi connectivity index (χ0) is 23.5. The fourth-order valence-corrected chi connectivity index (χ4v) is 4.36. The number of benzene rings is 3. The van der Waals surface area contributed by atoms with E-state index in [1.807, 2.05) is 54.6 Å². The van der Waals surface area contributed by atoms with Gasteiger partial charge in [0.25, 0.3) is 16.7 Å². The molecule has 1 aliphatic rings. The summed E-state index contributed by atoms with van der Waals surface area (Å²) in [6.45, 7) is 0.543. The lowest BCUT2D eigenvalue weighted by Gasteiger charge is -2.12. The third-order valence-electron chi connectivity index (χ3n) is 5.31. The molecule has 7 nitrogen and oxygen atoms in total. The summed E-state index contributed by atoms with van der Waals surface area (Å²) >= 11 is 0.877. The number of aromatic nitrogens is 2. The molecular weight excluding hydrogens is 450 g/mol. The van der Waals surface area contributed by atoms with Gasteiger partial charge in [-0.3, -0.25) is 19.7 Å². The van der Waals surface area contributed by atoms with Crippen LogP contribution < -0.4 is 15.6 Å². The molecule has 0 spiro atoms. The molecule has 8 heteroatoms. The smallest absolute Gasteiger partial charge is 0.290 e. The van der Waals surface area contributed by atoms with E-state index in [1.165, 1.54) is 4.68 Å². The quantitative estimate of drug-likeness (QED) is 0.419. The van der Waals surface area contributed by atoms with Gasteiger partial charge in [0.05, 0.1) is 22.5 Å². The van der Waals surface area contributed by atoms with Crippen LogP contribution in [0.1, 0.15) is 5.56 Å². The highest BCUT2D eigenvalue weighted by Gasteiger charge is 2.24. The topological polar surface area (TPSA) is 90.3 Å². The van der Waals surface area contributed by atoms with E-state index >= 15 is 0 Å². The van der Waals surface area contributed by atoms with Crippen molar-refractivity contribution in [1.29, 1.82) is 0 Å². The molecular formula is C26H19N3O4S. The van der Waals surface area contributed by atoms with Gasteiger partial charge in [-0.1, -0.05) is 60.7 Å². The lowest BCUT2D eigenvalue weighted by Crippen LogP contribution is -2.26. The highest BCUT2D eigenvalue weighted by Crippen LogP contribution is 2.26. The molecule has 2 amide bonds. The first kappa shape index (κ1) is 21.7. The molecule has 4 aromatic rings. The van der Waals surface area contributed by atoms with Crippen LogP contribution in [0.3, 0.4) is 0 Å². The van der Waals surface area contributed by atoms with Crippen LogP contribution in [0.25, 0.3) is 28.1 Å². The minimum Gasteiger partial charge on any atom is -0.492 e. The second-order valence-electron chi connectivity index (χ2n) is 7.56. The number of imide groups is 1. The maximum atomic E-state index is 13.0. The SMILES string of the molecule is O=C1NC(=O)/C(=C/c2ccc(OCCn3nc(-c4ccccc4)c4ccccc4c3=O)cc2)S1. The van der Waals surface area contributed by atoms with Gasteiger partial charge < -0.3 is 4.74 Å². The molecule has 0 atom stereocenters. The van der Waals surface area contributed by atoms with Gasteiger partial charge in [0.1, 0.15) is 12.4 Å². The Bertz CT molecular complexity index is 1480. The number of hydrogen-bond donors (Lipinski definition) is 1. The lowest BCUT2D eigenvalue weighted by atomic mass is 10.1. The summed E-state index contributed by atoms with van der Waals surface area (Å²) in [5.41, 5.74) is 2.30. The third-order valence-corrected chi connectivity index (χ3v) is 6.12. The number of fused-ring (bicyclic) bond motifs is 1. The lowest BCUT2D eigenvalue weighted by molar-refractivity contribution is -0.115. The average Bonchev–Trinajstić information content (AvgIpc) is 3.18. The van der Waals surface area contributed by atoms with E-state index in [9.17, 15) is 14.4 Å². The molecule has 1 aliphatic heterocycles. The predicted molar refractivity (Wildman–Crippen MR) is 132 cm³/mol. The number of carbonyl (C=O) groups is 2. The van der Waals surface area contributed by atoms with Crippen LogP contribution in [-0.4, -0.2) is 27.5 Å². The zero-order valence-corrected chi connectivity index (χ0v) is 18.7. The zero-order valence-electron chi connectivity index (χ0n) is 17.9. The van der Waals surface area contributed by atoms with Gasteiger partial charge in [-0.25, -0.2) is 4.68 Å². The fraction of sp³-hybridized carbons (Fsp3) is 0.0769. The standard InChI is InChI=1S/C26H19N3O4S/c30-24-22(34-26(32)27-24)16-17-10-12-19(13-11-17)33-15-14-29-25(31)21-9-5-4-8-20(21)23(28-29)18-6-2-1-3-7-18/h1-13,16H,14-15H2,(H,27,30,32)/b22-16-. The number of amides is 2. The minimum atomic E-state index is -0.390. The Kier molecular flexibility index (Phi) is 5.97. The first-order chi connectivity index (χ1) is 16.6. The Morgan fingerprint density at radius 3 is 2.29 bits per heavy atom. The summed E-state index contributed by atoms with van der Waals surface area (Å²) in [5, 5.41) is 7.92. The first-order valence-electron chi connectivity index (χ1n) is 10.6. The molecule has 0 aliphatic carbocycles. The van der Waals surface area contributed by atoms with E-state index in [-0.39, 0.29) is 24.0 Å². The van der Waals surface area contributed by atoms with Crippen LogP contribution in [0.4, 0.5) is 4.79 Å². The number of ether oxygens (including phenoxy) is 1. The average molecular weight is 470 g/mol. The maximum absolute atomic E-state index is 13.0. The Balaban J connectivity index is 1.32. The number of nitrogens with one attached hydrogen (secondary N) is 1. The van der Waals surface area contributed by atoms with Crippen LogP contribution >= 0.6 is 11.8 Å². The summed E-state index contributed by atoms with van der Waals surface area (Å²) < 4.78 is 7.27. The maximum Gasteiger partial charge on any atom is 0.290 e. The Morgan fingerprint density at radius 1 is 0.882 bits per heavy atom. The molecule has 5 rings (SSSR count). The molecule has 34 heavy (non-hydrogen) atoms. The van der Waals surface area contributed by atoms with E-state index in [4.69, 9.17) is 4.74 Å². The molecule has 1 N–H and O–H groups in total. The molecule has 0 bridgehead atoms. The van der Waals surface area contributed by atoms with E-state index in [2.05, 4.69) is 10.4 Å². The van der Waals surface area contributed by atoms with Gasteiger partial charge in [-0.2, -0.15) is 5.10 Å². The molecule has 1 fully saturated rings. The fourth-order valence-electron chi connectivity index (χ4n) is 3.68. The Labute approximate surface area is 199 Å². The van der Waals surface area contributed by atoms with E-state index in [1.54, 1.807) is 30.3 Å². The summed E-state index contributed by atoms with van der Waals surface area (Å²) in [5.74, 6) is 0.234. The summed E-state index contributed by atoms with van der Waals surface area (Å²) in [4.78, 5) is 36.3. The van der Waals surface area contributed by atoms with Crippen LogP contribution in [0.2, 0.25) is 0 Å². The number of thioether (sulfide) groups is 1. The largest absolute Gasteiger partial charge is 0.492 e. The number of rotatable bonds is 6. The van der Waals surface area contributed by atoms with Gasteiger partial charge in [-0.05, 0) is 41.6 Å². The van der Waals surface area contributed by atoms with E-state index in [0.29, 0.717) is 16.0 Å². The molecule has 3 aromatic carbocycles. The molecule has 168 valence electrons. The summed E-state index contributed by atoms with van der Waals surface area (Å²) in [6.07, 6.45) is 1.65. The number of hydrogen-bond acceptors (Lipinski definition) is 6. The van der Waals surface area contributed by atoms with Crippen molar-refractivity contribution in [3.8, 4) is 17.0 Å². The van der Waals surface area contributed by atoms with Gasteiger partial charge >= 0.3 is 0 Å². The monoisotopic (exact) mass is 469 g/mol. The minimum absolute atomic E-state index is 0.164. The van der Waals surface area contributed by atoms with E-state index in [0.717, 1.165) is 34.0 Å². The van der Waals surface area contributed by atoms with Crippen LogP contribution in [0.15, 0.2) is 88.6 Å². The molecule has 0 saturated carbocycles. The van der Waals surface area contributed by atoms with Crippen molar-refractivity contribution in [3.63, 3.8) is 0 Å². The van der Waals surface area contributed by atoms with Crippen LogP contribution in [-0.2, 0) is 11.3 Å². The van der Waals surface area contributed by atoms with E-state index < -0.39 is 5.91 Å². The van der Waals surface area contributed by atoms with Crippen molar-refractivity contribution in [2.45, 2.75) is 6.54 Å². The second-order valence-corrected chi connectivity index (χ2v) is 8.57. The molecule has 0 radical (unpaired) electrons. The van der Waals surface area contributed by atoms with Gasteiger partial charge in [-0.15, -0.1) is 0 Å². The highest BCUT2D eigenvalue weighted by molar-refractivity contribution is 8.18. The first-order valence-corrected chi connectivity index (χ1v) is 11.4. The number of carbonyl (C=O) groups excluding carboxylic acids is 2. The second kappa shape index (κ2) is 9.36. The van der Waals surface area contributed by atoms with Gasteiger partial charge in [0.15, 0.2) is 0 Å². The molecule has 1 aromatic heterocycles. The number of nitrogens with zero attached hydrogens (tertiary/aromatic N) is 2. The van der Waals surface area contributed by atoms with Crippen molar-refractivity contribution >= 4 is 39.8 Å². The van der Waals surface area contributed by atoms with Crippen molar-refractivity contribution < 1.29 is 14.3 Å². The van der Waals surface area contributed by atoms with Crippen molar-refractivity contribution in [2.75, 3.05) is 6.61 Å². The van der Waals surface area contributed by atoms with Crippen LogP contribution in [0.5, 0.6) is 5.75 Å². The van der Waals surface area contributed by atoms with Gasteiger partial charge in [0, 0.05) is 10.9 Å².